The van der Waals surface area contributed by atoms with Gasteiger partial charge in [-0.2, -0.15) is 11.8 Å². The van der Waals surface area contributed by atoms with Crippen LogP contribution >= 0.6 is 11.8 Å². The number of anilines is 1. The highest BCUT2D eigenvalue weighted by atomic mass is 32.2. The molecule has 0 amide bonds. The van der Waals surface area contributed by atoms with Crippen LogP contribution in [-0.4, -0.2) is 33.3 Å². The van der Waals surface area contributed by atoms with Crippen LogP contribution in [0, 0.1) is 0 Å². The van der Waals surface area contributed by atoms with E-state index in [0.717, 1.165) is 17.1 Å². The number of hydrogen-bond donors (Lipinski definition) is 1. The Bertz CT molecular complexity index is 472. The third-order valence-electron chi connectivity index (χ3n) is 2.09. The van der Waals surface area contributed by atoms with E-state index in [1.54, 1.807) is 24.9 Å². The molecule has 0 saturated carbocycles. The summed E-state index contributed by atoms with van der Waals surface area (Å²) in [6.45, 7) is 0. The number of thioether (sulfide) groups is 1. The van der Waals surface area contributed by atoms with Crippen molar-refractivity contribution < 1.29 is 13.2 Å². The van der Waals surface area contributed by atoms with Crippen LogP contribution in [0.15, 0.2) is 18.2 Å². The maximum atomic E-state index is 10.9. The number of methoxy groups -OCH3 is 1. The summed E-state index contributed by atoms with van der Waals surface area (Å²) in [6, 6.07) is 5.53. The lowest BCUT2D eigenvalue weighted by molar-refractivity contribution is 0.414. The molecule has 0 bridgehead atoms. The van der Waals surface area contributed by atoms with Crippen molar-refractivity contribution in [3.8, 4) is 5.75 Å². The molecule has 1 aromatic rings. The predicted octanol–water partition coefficient (Wildman–Crippen LogP) is 1.56. The van der Waals surface area contributed by atoms with E-state index in [2.05, 4.69) is 0 Å². The maximum Gasteiger partial charge on any atom is 0.148 e. The number of rotatable bonds is 6. The topological polar surface area (TPSA) is 69.4 Å². The number of sulfone groups is 1. The van der Waals surface area contributed by atoms with Crippen molar-refractivity contribution in [3.05, 3.63) is 23.8 Å². The van der Waals surface area contributed by atoms with E-state index in [0.29, 0.717) is 11.4 Å². The molecule has 4 nitrogen and oxygen atoms in total. The smallest absolute Gasteiger partial charge is 0.148 e. The third-order valence-corrected chi connectivity index (χ3v) is 4.33. The van der Waals surface area contributed by atoms with Gasteiger partial charge in [-0.05, 0) is 17.7 Å². The molecule has 0 aliphatic heterocycles. The van der Waals surface area contributed by atoms with Crippen molar-refractivity contribution in [2.24, 2.45) is 0 Å². The van der Waals surface area contributed by atoms with E-state index in [1.807, 2.05) is 12.1 Å². The van der Waals surface area contributed by atoms with Gasteiger partial charge in [0, 0.05) is 29.5 Å². The van der Waals surface area contributed by atoms with Gasteiger partial charge in [-0.1, -0.05) is 0 Å². The van der Waals surface area contributed by atoms with Crippen LogP contribution in [0.5, 0.6) is 5.75 Å². The molecule has 1 aromatic carbocycles. The van der Waals surface area contributed by atoms with Gasteiger partial charge in [0.25, 0.3) is 0 Å². The van der Waals surface area contributed by atoms with Crippen LogP contribution in [0.3, 0.4) is 0 Å². The zero-order chi connectivity index (χ0) is 12.9. The van der Waals surface area contributed by atoms with Gasteiger partial charge in [0.05, 0.1) is 12.9 Å². The highest BCUT2D eigenvalue weighted by molar-refractivity contribution is 7.99. The lowest BCUT2D eigenvalue weighted by atomic mass is 10.2. The normalized spacial score (nSPS) is 11.4. The van der Waals surface area contributed by atoms with Crippen molar-refractivity contribution in [1.29, 1.82) is 0 Å². The van der Waals surface area contributed by atoms with Crippen LogP contribution < -0.4 is 10.5 Å². The van der Waals surface area contributed by atoms with Crippen molar-refractivity contribution in [3.63, 3.8) is 0 Å². The van der Waals surface area contributed by atoms with Crippen LogP contribution in [0.4, 0.5) is 5.69 Å². The molecule has 17 heavy (non-hydrogen) atoms. The summed E-state index contributed by atoms with van der Waals surface area (Å²) in [5, 5.41) is 0. The van der Waals surface area contributed by atoms with Gasteiger partial charge in [-0.3, -0.25) is 0 Å². The standard InChI is InChI=1S/C11H17NO3S2/c1-15-11-6-9(5-10(12)7-11)8-16-3-4-17(2,13)14/h5-7H,3-4,8,12H2,1-2H3. The molecule has 0 unspecified atom stereocenters. The average molecular weight is 275 g/mol. The molecule has 0 spiro atoms. The molecule has 2 N–H and O–H groups in total. The first-order valence-corrected chi connectivity index (χ1v) is 8.31. The summed E-state index contributed by atoms with van der Waals surface area (Å²) in [5.74, 6) is 2.26. The van der Waals surface area contributed by atoms with E-state index >= 15 is 0 Å². The highest BCUT2D eigenvalue weighted by Crippen LogP contribution is 2.22. The molecule has 96 valence electrons. The highest BCUT2D eigenvalue weighted by Gasteiger charge is 2.03. The summed E-state index contributed by atoms with van der Waals surface area (Å²) >= 11 is 1.57. The Labute approximate surface area is 106 Å². The summed E-state index contributed by atoms with van der Waals surface area (Å²) in [4.78, 5) is 0. The Kier molecular flexibility index (Phi) is 5.14. The fourth-order valence-electron chi connectivity index (χ4n) is 1.29. The minimum absolute atomic E-state index is 0.205. The van der Waals surface area contributed by atoms with Gasteiger partial charge in [0.1, 0.15) is 15.6 Å². The zero-order valence-corrected chi connectivity index (χ0v) is 11.6. The van der Waals surface area contributed by atoms with E-state index in [9.17, 15) is 8.42 Å². The minimum Gasteiger partial charge on any atom is -0.497 e. The van der Waals surface area contributed by atoms with E-state index in [4.69, 9.17) is 10.5 Å². The third kappa shape index (κ3) is 5.83. The molecule has 0 aliphatic carbocycles. The van der Waals surface area contributed by atoms with Crippen molar-refractivity contribution >= 4 is 27.3 Å². The van der Waals surface area contributed by atoms with Crippen molar-refractivity contribution in [1.82, 2.24) is 0 Å². The van der Waals surface area contributed by atoms with Crippen LogP contribution in [0.2, 0.25) is 0 Å². The van der Waals surface area contributed by atoms with E-state index < -0.39 is 9.84 Å². The van der Waals surface area contributed by atoms with Gasteiger partial charge in [-0.25, -0.2) is 8.42 Å². The molecule has 1 rings (SSSR count). The lowest BCUT2D eigenvalue weighted by Gasteiger charge is -2.06. The van der Waals surface area contributed by atoms with Crippen LogP contribution in [0.25, 0.3) is 0 Å². The van der Waals surface area contributed by atoms with Gasteiger partial charge < -0.3 is 10.5 Å². The van der Waals surface area contributed by atoms with Crippen LogP contribution in [-0.2, 0) is 15.6 Å². The second-order valence-electron chi connectivity index (χ2n) is 3.80. The minimum atomic E-state index is -2.87. The molecule has 0 aliphatic rings. The first-order valence-electron chi connectivity index (χ1n) is 5.09. The molecular weight excluding hydrogens is 258 g/mol. The Morgan fingerprint density at radius 1 is 1.35 bits per heavy atom. The second-order valence-corrected chi connectivity index (χ2v) is 7.16. The fourth-order valence-corrected chi connectivity index (χ4v) is 3.52. The number of hydrogen-bond acceptors (Lipinski definition) is 5. The molecule has 6 heteroatoms. The van der Waals surface area contributed by atoms with Gasteiger partial charge in [-0.15, -0.1) is 0 Å². The Morgan fingerprint density at radius 2 is 2.06 bits per heavy atom. The van der Waals surface area contributed by atoms with Gasteiger partial charge >= 0.3 is 0 Å². The number of benzene rings is 1. The van der Waals surface area contributed by atoms with Gasteiger partial charge in [0.15, 0.2) is 0 Å². The van der Waals surface area contributed by atoms with Crippen molar-refractivity contribution in [2.45, 2.75) is 5.75 Å². The quantitative estimate of drug-likeness (QED) is 0.630. The summed E-state index contributed by atoms with van der Waals surface area (Å²) in [7, 11) is -1.28. The van der Waals surface area contributed by atoms with Gasteiger partial charge in [0.2, 0.25) is 0 Å². The summed E-state index contributed by atoms with van der Waals surface area (Å²) in [6.07, 6.45) is 1.25. The molecule has 0 radical (unpaired) electrons. The van der Waals surface area contributed by atoms with E-state index in [1.165, 1.54) is 6.26 Å². The number of nitrogen functional groups attached to an aromatic ring is 1. The first kappa shape index (κ1) is 14.2. The van der Waals surface area contributed by atoms with Crippen LogP contribution in [0.1, 0.15) is 5.56 Å². The molecule has 0 fully saturated rings. The Morgan fingerprint density at radius 3 is 2.65 bits per heavy atom. The lowest BCUT2D eigenvalue weighted by Crippen LogP contribution is -2.05. The molecule has 0 heterocycles. The Balaban J connectivity index is 2.49. The first-order chi connectivity index (χ1) is 7.90. The molecular formula is C11H17NO3S2. The molecule has 0 atom stereocenters. The average Bonchev–Trinajstić information content (AvgIpc) is 2.22. The second kappa shape index (κ2) is 6.16. The van der Waals surface area contributed by atoms with E-state index in [-0.39, 0.29) is 5.75 Å². The SMILES string of the molecule is COc1cc(N)cc(CSCCS(C)(=O)=O)c1. The number of nitrogens with two attached hydrogens (primary N) is 1. The van der Waals surface area contributed by atoms with Crippen molar-refractivity contribution in [2.75, 3.05) is 30.6 Å². The molecule has 0 aromatic heterocycles. The largest absolute Gasteiger partial charge is 0.497 e. The maximum absolute atomic E-state index is 10.9. The summed E-state index contributed by atoms with van der Waals surface area (Å²) < 4.78 is 27.0. The Hall–Kier alpha value is -0.880. The molecule has 0 saturated heterocycles. The predicted molar refractivity (Wildman–Crippen MR) is 73.3 cm³/mol. The summed E-state index contributed by atoms with van der Waals surface area (Å²) in [5.41, 5.74) is 7.42. The fraction of sp³-hybridized carbons (Fsp3) is 0.455. The zero-order valence-electron chi connectivity index (χ0n) is 9.97. The monoisotopic (exact) mass is 275 g/mol. The number of ether oxygens (including phenoxy) is 1.